The maximum atomic E-state index is 11.9. The zero-order chi connectivity index (χ0) is 16.3. The molecule has 5 nitrogen and oxygen atoms in total. The standard InChI is InChI=1S/C16H26N2O3/c1-15(2,3)21-14(19)18-16(4,5)13(17)11-9-7-8-10-12(11)20-6/h7-10,13H,17H2,1-6H3,(H,18,19). The summed E-state index contributed by atoms with van der Waals surface area (Å²) < 4.78 is 10.6. The van der Waals surface area contributed by atoms with Gasteiger partial charge in [-0.2, -0.15) is 0 Å². The van der Waals surface area contributed by atoms with Crippen LogP contribution in [0.1, 0.15) is 46.2 Å². The fraction of sp³-hybridized carbons (Fsp3) is 0.562. The summed E-state index contributed by atoms with van der Waals surface area (Å²) in [5.41, 5.74) is 5.91. The molecule has 0 fully saturated rings. The Kier molecular flexibility index (Phi) is 5.23. The zero-order valence-electron chi connectivity index (χ0n) is 13.7. The maximum Gasteiger partial charge on any atom is 0.408 e. The summed E-state index contributed by atoms with van der Waals surface area (Å²) in [6.07, 6.45) is -0.488. The van der Waals surface area contributed by atoms with Crippen molar-refractivity contribution in [1.29, 1.82) is 0 Å². The van der Waals surface area contributed by atoms with Crippen molar-refractivity contribution in [3.05, 3.63) is 29.8 Å². The number of amides is 1. The third-order valence-corrected chi connectivity index (χ3v) is 3.07. The lowest BCUT2D eigenvalue weighted by molar-refractivity contribution is 0.0457. The van der Waals surface area contributed by atoms with Crippen molar-refractivity contribution in [2.24, 2.45) is 5.73 Å². The van der Waals surface area contributed by atoms with Crippen LogP contribution in [0.4, 0.5) is 4.79 Å². The first-order valence-corrected chi connectivity index (χ1v) is 6.96. The Bertz CT molecular complexity index is 493. The van der Waals surface area contributed by atoms with Gasteiger partial charge in [0, 0.05) is 5.56 Å². The number of nitrogens with one attached hydrogen (secondary N) is 1. The van der Waals surface area contributed by atoms with Crippen LogP contribution in [-0.4, -0.2) is 24.3 Å². The highest BCUT2D eigenvalue weighted by molar-refractivity contribution is 5.69. The van der Waals surface area contributed by atoms with Crippen molar-refractivity contribution in [2.75, 3.05) is 7.11 Å². The molecule has 5 heteroatoms. The zero-order valence-corrected chi connectivity index (χ0v) is 13.7. The van der Waals surface area contributed by atoms with Gasteiger partial charge in [0.15, 0.2) is 0 Å². The predicted octanol–water partition coefficient (Wildman–Crippen LogP) is 3.00. The van der Waals surface area contributed by atoms with E-state index < -0.39 is 23.3 Å². The molecular formula is C16H26N2O3. The smallest absolute Gasteiger partial charge is 0.408 e. The van der Waals surface area contributed by atoms with Crippen LogP contribution in [0.3, 0.4) is 0 Å². The van der Waals surface area contributed by atoms with E-state index in [9.17, 15) is 4.79 Å². The van der Waals surface area contributed by atoms with Crippen LogP contribution in [-0.2, 0) is 4.74 Å². The molecule has 21 heavy (non-hydrogen) atoms. The maximum absolute atomic E-state index is 11.9. The number of methoxy groups -OCH3 is 1. The lowest BCUT2D eigenvalue weighted by atomic mass is 9.89. The van der Waals surface area contributed by atoms with Crippen molar-refractivity contribution in [2.45, 2.75) is 51.8 Å². The van der Waals surface area contributed by atoms with E-state index in [0.29, 0.717) is 5.75 Å². The summed E-state index contributed by atoms with van der Waals surface area (Å²) in [4.78, 5) is 11.9. The van der Waals surface area contributed by atoms with Crippen LogP contribution in [0.5, 0.6) is 5.75 Å². The fourth-order valence-electron chi connectivity index (χ4n) is 1.96. The largest absolute Gasteiger partial charge is 0.496 e. The minimum Gasteiger partial charge on any atom is -0.496 e. The molecule has 0 saturated carbocycles. The molecule has 0 heterocycles. The van der Waals surface area contributed by atoms with E-state index in [1.54, 1.807) is 7.11 Å². The summed E-state index contributed by atoms with van der Waals surface area (Å²) in [7, 11) is 1.60. The van der Waals surface area contributed by atoms with E-state index in [4.69, 9.17) is 15.2 Å². The van der Waals surface area contributed by atoms with Gasteiger partial charge in [-0.1, -0.05) is 18.2 Å². The highest BCUT2D eigenvalue weighted by Crippen LogP contribution is 2.30. The second-order valence-electron chi connectivity index (χ2n) is 6.57. The molecule has 0 spiro atoms. The molecule has 1 rings (SSSR count). The number of benzene rings is 1. The SMILES string of the molecule is COc1ccccc1C(N)C(C)(C)NC(=O)OC(C)(C)C. The normalized spacial score (nSPS) is 13.5. The molecule has 118 valence electrons. The van der Waals surface area contributed by atoms with E-state index in [2.05, 4.69) is 5.32 Å². The summed E-state index contributed by atoms with van der Waals surface area (Å²) in [6, 6.07) is 7.08. The van der Waals surface area contributed by atoms with E-state index in [-0.39, 0.29) is 0 Å². The Morgan fingerprint density at radius 3 is 2.29 bits per heavy atom. The quantitative estimate of drug-likeness (QED) is 0.895. The van der Waals surface area contributed by atoms with E-state index >= 15 is 0 Å². The van der Waals surface area contributed by atoms with Gasteiger partial charge in [0.2, 0.25) is 0 Å². The molecule has 1 unspecified atom stereocenters. The minimum absolute atomic E-state index is 0.429. The third kappa shape index (κ3) is 4.93. The van der Waals surface area contributed by atoms with E-state index in [1.807, 2.05) is 58.9 Å². The summed E-state index contributed by atoms with van der Waals surface area (Å²) in [5.74, 6) is 0.698. The van der Waals surface area contributed by atoms with Crippen LogP contribution in [0.2, 0.25) is 0 Å². The van der Waals surface area contributed by atoms with Gasteiger partial charge < -0.3 is 20.5 Å². The number of para-hydroxylation sites is 1. The number of nitrogens with two attached hydrogens (primary N) is 1. The van der Waals surface area contributed by atoms with Gasteiger partial charge in [-0.3, -0.25) is 0 Å². The Labute approximate surface area is 126 Å². The molecule has 0 saturated heterocycles. The van der Waals surface area contributed by atoms with Gasteiger partial charge >= 0.3 is 6.09 Å². The molecule has 1 atom stereocenters. The molecule has 1 aromatic rings. The summed E-state index contributed by atoms with van der Waals surface area (Å²) in [5, 5.41) is 2.82. The van der Waals surface area contributed by atoms with Crippen molar-refractivity contribution >= 4 is 6.09 Å². The highest BCUT2D eigenvalue weighted by atomic mass is 16.6. The Morgan fingerprint density at radius 2 is 1.76 bits per heavy atom. The van der Waals surface area contributed by atoms with Gasteiger partial charge in [-0.05, 0) is 40.7 Å². The minimum atomic E-state index is -0.684. The average Bonchev–Trinajstić information content (AvgIpc) is 2.34. The highest BCUT2D eigenvalue weighted by Gasteiger charge is 2.32. The first kappa shape index (κ1) is 17.3. The third-order valence-electron chi connectivity index (χ3n) is 3.07. The number of carbonyl (C=O) groups is 1. The first-order chi connectivity index (χ1) is 9.57. The van der Waals surface area contributed by atoms with Crippen molar-refractivity contribution < 1.29 is 14.3 Å². The number of hydrogen-bond acceptors (Lipinski definition) is 4. The molecular weight excluding hydrogens is 268 g/mol. The second kappa shape index (κ2) is 6.35. The van der Waals surface area contributed by atoms with E-state index in [1.165, 1.54) is 0 Å². The van der Waals surface area contributed by atoms with Gasteiger partial charge in [0.05, 0.1) is 18.7 Å². The molecule has 0 aliphatic carbocycles. The van der Waals surface area contributed by atoms with Crippen molar-refractivity contribution in [3.8, 4) is 5.75 Å². The molecule has 3 N–H and O–H groups in total. The van der Waals surface area contributed by atoms with Gasteiger partial charge in [0.1, 0.15) is 11.4 Å². The second-order valence-corrected chi connectivity index (χ2v) is 6.57. The number of ether oxygens (including phenoxy) is 2. The van der Waals surface area contributed by atoms with Gasteiger partial charge in [-0.15, -0.1) is 0 Å². The predicted molar refractivity (Wildman–Crippen MR) is 83.4 cm³/mol. The van der Waals surface area contributed by atoms with Crippen LogP contribution in [0.15, 0.2) is 24.3 Å². The first-order valence-electron chi connectivity index (χ1n) is 6.96. The average molecular weight is 294 g/mol. The van der Waals surface area contributed by atoms with Crippen LogP contribution < -0.4 is 15.8 Å². The summed E-state index contributed by atoms with van der Waals surface area (Å²) >= 11 is 0. The molecule has 0 aliphatic heterocycles. The van der Waals surface area contributed by atoms with Crippen LogP contribution in [0, 0.1) is 0 Å². The number of carbonyl (C=O) groups excluding carboxylic acids is 1. The monoisotopic (exact) mass is 294 g/mol. The molecule has 1 aromatic carbocycles. The van der Waals surface area contributed by atoms with Crippen molar-refractivity contribution in [1.82, 2.24) is 5.32 Å². The molecule has 0 aromatic heterocycles. The lowest BCUT2D eigenvalue weighted by Gasteiger charge is -2.34. The Balaban J connectivity index is 2.89. The number of alkyl carbamates (subject to hydrolysis) is 1. The molecule has 0 aliphatic rings. The molecule has 0 radical (unpaired) electrons. The van der Waals surface area contributed by atoms with Gasteiger partial charge in [0.25, 0.3) is 0 Å². The van der Waals surface area contributed by atoms with Crippen LogP contribution >= 0.6 is 0 Å². The van der Waals surface area contributed by atoms with Crippen molar-refractivity contribution in [3.63, 3.8) is 0 Å². The summed E-state index contributed by atoms with van der Waals surface area (Å²) in [6.45, 7) is 9.17. The van der Waals surface area contributed by atoms with E-state index in [0.717, 1.165) is 5.56 Å². The molecule has 0 bridgehead atoms. The number of rotatable bonds is 4. The lowest BCUT2D eigenvalue weighted by Crippen LogP contribution is -2.52. The fourth-order valence-corrected chi connectivity index (χ4v) is 1.96. The Hall–Kier alpha value is -1.75. The molecule has 1 amide bonds. The Morgan fingerprint density at radius 1 is 1.19 bits per heavy atom. The topological polar surface area (TPSA) is 73.6 Å². The van der Waals surface area contributed by atoms with Gasteiger partial charge in [-0.25, -0.2) is 4.79 Å². The van der Waals surface area contributed by atoms with Crippen LogP contribution in [0.25, 0.3) is 0 Å². The number of hydrogen-bond donors (Lipinski definition) is 2.